The Balaban J connectivity index is 3.13. The van der Waals surface area contributed by atoms with Gasteiger partial charge >= 0.3 is 0 Å². The van der Waals surface area contributed by atoms with E-state index in [0.717, 1.165) is 42.9 Å². The van der Waals surface area contributed by atoms with Crippen molar-refractivity contribution in [1.82, 2.24) is 9.97 Å². The van der Waals surface area contributed by atoms with Gasteiger partial charge in [-0.05, 0) is 26.2 Å². The molecule has 0 amide bonds. The zero-order chi connectivity index (χ0) is 13.7. The largest absolute Gasteiger partial charge is 0.356 e. The van der Waals surface area contributed by atoms with Crippen molar-refractivity contribution in [1.29, 1.82) is 0 Å². The predicted molar refractivity (Wildman–Crippen MR) is 78.5 cm³/mol. The van der Waals surface area contributed by atoms with Crippen molar-refractivity contribution in [3.63, 3.8) is 0 Å². The molecule has 102 valence electrons. The van der Waals surface area contributed by atoms with Gasteiger partial charge in [0, 0.05) is 25.1 Å². The van der Waals surface area contributed by atoms with E-state index >= 15 is 0 Å². The quantitative estimate of drug-likeness (QED) is 0.731. The molecular weight excluding hydrogens is 246 g/mol. The van der Waals surface area contributed by atoms with E-state index in [-0.39, 0.29) is 0 Å². The summed E-state index contributed by atoms with van der Waals surface area (Å²) in [7, 11) is 2.10. The van der Waals surface area contributed by atoms with Gasteiger partial charge < -0.3 is 4.90 Å². The lowest BCUT2D eigenvalue weighted by Gasteiger charge is -2.29. The second-order valence-corrected chi connectivity index (χ2v) is 5.07. The SMILES string of the molecule is CCCc1nc(Cl)c(C)c(N(C)C(CC)CC)n1. The molecule has 3 nitrogen and oxygen atoms in total. The first-order valence-corrected chi connectivity index (χ1v) is 7.18. The molecule has 4 heteroatoms. The average Bonchev–Trinajstić information content (AvgIpc) is 2.35. The van der Waals surface area contributed by atoms with Crippen LogP contribution in [-0.2, 0) is 6.42 Å². The summed E-state index contributed by atoms with van der Waals surface area (Å²) < 4.78 is 0. The van der Waals surface area contributed by atoms with Crippen LogP contribution in [0.1, 0.15) is 51.4 Å². The fraction of sp³-hybridized carbons (Fsp3) is 0.714. The molecule has 0 saturated carbocycles. The molecule has 0 radical (unpaired) electrons. The number of hydrogen-bond acceptors (Lipinski definition) is 3. The van der Waals surface area contributed by atoms with Crippen molar-refractivity contribution in [3.05, 3.63) is 16.5 Å². The third-order valence-electron chi connectivity index (χ3n) is 3.40. The van der Waals surface area contributed by atoms with Gasteiger partial charge in [0.2, 0.25) is 0 Å². The topological polar surface area (TPSA) is 29.0 Å². The van der Waals surface area contributed by atoms with Gasteiger partial charge in [-0.1, -0.05) is 32.4 Å². The fourth-order valence-electron chi connectivity index (χ4n) is 2.21. The number of rotatable bonds is 6. The Hall–Kier alpha value is -0.830. The fourth-order valence-corrected chi connectivity index (χ4v) is 2.39. The smallest absolute Gasteiger partial charge is 0.137 e. The van der Waals surface area contributed by atoms with E-state index in [1.54, 1.807) is 0 Å². The van der Waals surface area contributed by atoms with Gasteiger partial charge in [0.05, 0.1) is 0 Å². The van der Waals surface area contributed by atoms with E-state index in [0.29, 0.717) is 11.2 Å². The van der Waals surface area contributed by atoms with E-state index in [1.165, 1.54) is 0 Å². The zero-order valence-corrected chi connectivity index (χ0v) is 12.9. The standard InChI is InChI=1S/C14H24ClN3/c1-6-9-12-16-13(15)10(4)14(17-12)18(5)11(7-2)8-3/h11H,6-9H2,1-5H3. The number of aromatic nitrogens is 2. The van der Waals surface area contributed by atoms with E-state index in [2.05, 4.69) is 42.7 Å². The van der Waals surface area contributed by atoms with Gasteiger partial charge in [-0.2, -0.15) is 0 Å². The van der Waals surface area contributed by atoms with Crippen molar-refractivity contribution < 1.29 is 0 Å². The van der Waals surface area contributed by atoms with Crippen LogP contribution in [0.4, 0.5) is 5.82 Å². The van der Waals surface area contributed by atoms with Crippen LogP contribution < -0.4 is 4.90 Å². The molecule has 0 atom stereocenters. The number of hydrogen-bond donors (Lipinski definition) is 0. The molecule has 0 spiro atoms. The molecule has 0 aromatic carbocycles. The minimum absolute atomic E-state index is 0.504. The zero-order valence-electron chi connectivity index (χ0n) is 12.1. The third kappa shape index (κ3) is 3.35. The molecule has 0 aliphatic carbocycles. The maximum Gasteiger partial charge on any atom is 0.137 e. The van der Waals surface area contributed by atoms with Crippen LogP contribution in [-0.4, -0.2) is 23.1 Å². The molecular formula is C14H24ClN3. The second kappa shape index (κ2) is 6.93. The molecule has 0 N–H and O–H groups in total. The lowest BCUT2D eigenvalue weighted by atomic mass is 10.1. The van der Waals surface area contributed by atoms with Crippen LogP contribution in [0, 0.1) is 6.92 Å². The Labute approximate surface area is 116 Å². The monoisotopic (exact) mass is 269 g/mol. The van der Waals surface area contributed by atoms with Crippen LogP contribution in [0.25, 0.3) is 0 Å². The maximum absolute atomic E-state index is 6.21. The molecule has 0 saturated heterocycles. The van der Waals surface area contributed by atoms with Gasteiger partial charge in [-0.15, -0.1) is 0 Å². The Bertz CT molecular complexity index is 389. The molecule has 0 bridgehead atoms. The summed E-state index contributed by atoms with van der Waals surface area (Å²) in [5.74, 6) is 1.83. The van der Waals surface area contributed by atoms with Crippen molar-refractivity contribution in [3.8, 4) is 0 Å². The summed E-state index contributed by atoms with van der Waals surface area (Å²) in [6, 6.07) is 0.504. The van der Waals surface area contributed by atoms with E-state index in [9.17, 15) is 0 Å². The van der Waals surface area contributed by atoms with Gasteiger partial charge in [0.15, 0.2) is 0 Å². The normalized spacial score (nSPS) is 11.1. The van der Waals surface area contributed by atoms with E-state index in [4.69, 9.17) is 11.6 Å². The summed E-state index contributed by atoms with van der Waals surface area (Å²) in [6.07, 6.45) is 4.13. The number of nitrogens with zero attached hydrogens (tertiary/aromatic N) is 3. The number of halogens is 1. The molecule has 1 heterocycles. The van der Waals surface area contributed by atoms with E-state index in [1.807, 2.05) is 6.92 Å². The molecule has 0 aliphatic heterocycles. The average molecular weight is 270 g/mol. The van der Waals surface area contributed by atoms with Crippen molar-refractivity contribution in [2.75, 3.05) is 11.9 Å². The van der Waals surface area contributed by atoms with Gasteiger partial charge in [0.1, 0.15) is 16.8 Å². The number of aryl methyl sites for hydroxylation is 1. The van der Waals surface area contributed by atoms with Crippen molar-refractivity contribution in [2.24, 2.45) is 0 Å². The van der Waals surface area contributed by atoms with Crippen LogP contribution in [0.3, 0.4) is 0 Å². The first-order valence-electron chi connectivity index (χ1n) is 6.80. The minimum Gasteiger partial charge on any atom is -0.356 e. The first-order chi connectivity index (χ1) is 8.54. The summed E-state index contributed by atoms with van der Waals surface area (Å²) in [5, 5.41) is 0.584. The van der Waals surface area contributed by atoms with Gasteiger partial charge in [0.25, 0.3) is 0 Å². The first kappa shape index (κ1) is 15.2. The minimum atomic E-state index is 0.504. The van der Waals surface area contributed by atoms with Crippen LogP contribution in [0.15, 0.2) is 0 Å². The predicted octanol–water partition coefficient (Wildman–Crippen LogP) is 4.02. The highest BCUT2D eigenvalue weighted by atomic mass is 35.5. The maximum atomic E-state index is 6.21. The Kier molecular flexibility index (Phi) is 5.86. The summed E-state index contributed by atoms with van der Waals surface area (Å²) in [6.45, 7) is 8.53. The van der Waals surface area contributed by atoms with Crippen LogP contribution >= 0.6 is 11.6 Å². The summed E-state index contributed by atoms with van der Waals surface area (Å²) in [5.41, 5.74) is 0.978. The molecule has 18 heavy (non-hydrogen) atoms. The lowest BCUT2D eigenvalue weighted by Crippen LogP contribution is -2.32. The van der Waals surface area contributed by atoms with Crippen molar-refractivity contribution >= 4 is 17.4 Å². The van der Waals surface area contributed by atoms with E-state index < -0.39 is 0 Å². The molecule has 0 fully saturated rings. The summed E-state index contributed by atoms with van der Waals surface area (Å²) >= 11 is 6.21. The molecule has 1 aromatic heterocycles. The highest BCUT2D eigenvalue weighted by Gasteiger charge is 2.17. The molecule has 1 rings (SSSR count). The molecule has 0 unspecified atom stereocenters. The summed E-state index contributed by atoms with van der Waals surface area (Å²) in [4.78, 5) is 11.3. The Morgan fingerprint density at radius 3 is 2.28 bits per heavy atom. The number of anilines is 1. The second-order valence-electron chi connectivity index (χ2n) is 4.71. The Morgan fingerprint density at radius 1 is 1.17 bits per heavy atom. The van der Waals surface area contributed by atoms with Gasteiger partial charge in [-0.3, -0.25) is 0 Å². The van der Waals surface area contributed by atoms with Crippen LogP contribution in [0.2, 0.25) is 5.15 Å². The molecule has 0 aliphatic rings. The highest BCUT2D eigenvalue weighted by molar-refractivity contribution is 6.30. The third-order valence-corrected chi connectivity index (χ3v) is 3.77. The molecule has 1 aromatic rings. The highest BCUT2D eigenvalue weighted by Crippen LogP contribution is 2.25. The van der Waals surface area contributed by atoms with Gasteiger partial charge in [-0.25, -0.2) is 9.97 Å². The lowest BCUT2D eigenvalue weighted by molar-refractivity contribution is 0.583. The Morgan fingerprint density at radius 2 is 1.78 bits per heavy atom. The van der Waals surface area contributed by atoms with Crippen molar-refractivity contribution in [2.45, 2.75) is 59.4 Å². The van der Waals surface area contributed by atoms with Crippen LogP contribution in [0.5, 0.6) is 0 Å².